The summed E-state index contributed by atoms with van der Waals surface area (Å²) in [7, 11) is 0. The molecule has 0 atom stereocenters. The van der Waals surface area contributed by atoms with Crippen molar-refractivity contribution in [3.05, 3.63) is 23.3 Å². The van der Waals surface area contributed by atoms with Gasteiger partial charge in [0.25, 0.3) is 0 Å². The maximum atomic E-state index is 4.61. The molecule has 0 fully saturated rings. The molecule has 2 rings (SSSR count). The topological polar surface area (TPSA) is 37.8 Å². The molecule has 0 amide bonds. The average molecular weight is 223 g/mol. The van der Waals surface area contributed by atoms with Crippen LogP contribution in [0.5, 0.6) is 0 Å². The van der Waals surface area contributed by atoms with Crippen LogP contribution >= 0.6 is 11.8 Å². The molecule has 0 aliphatic carbocycles. The fraction of sp³-hybridized carbons (Fsp3) is 0.636. The summed E-state index contributed by atoms with van der Waals surface area (Å²) in [6.07, 6.45) is 3.02. The lowest BCUT2D eigenvalue weighted by Gasteiger charge is -2.16. The summed E-state index contributed by atoms with van der Waals surface area (Å²) in [5.74, 6) is 1.91. The van der Waals surface area contributed by atoms with Gasteiger partial charge >= 0.3 is 0 Å². The van der Waals surface area contributed by atoms with E-state index in [1.54, 1.807) is 0 Å². The number of hydrogen-bond acceptors (Lipinski definition) is 4. The van der Waals surface area contributed by atoms with Gasteiger partial charge in [-0.15, -0.1) is 0 Å². The van der Waals surface area contributed by atoms with E-state index in [0.29, 0.717) is 5.25 Å². The Morgan fingerprint density at radius 2 is 2.40 bits per heavy atom. The van der Waals surface area contributed by atoms with Gasteiger partial charge in [0.2, 0.25) is 0 Å². The van der Waals surface area contributed by atoms with Gasteiger partial charge in [-0.25, -0.2) is 9.97 Å². The van der Waals surface area contributed by atoms with E-state index in [9.17, 15) is 0 Å². The molecule has 0 unspecified atom stereocenters. The van der Waals surface area contributed by atoms with E-state index in [1.807, 2.05) is 18.0 Å². The van der Waals surface area contributed by atoms with Crippen LogP contribution in [0.2, 0.25) is 0 Å². The molecule has 1 aromatic rings. The van der Waals surface area contributed by atoms with Crippen LogP contribution in [0.1, 0.15) is 30.9 Å². The highest BCUT2D eigenvalue weighted by atomic mass is 32.2. The molecule has 0 bridgehead atoms. The Balaban J connectivity index is 2.07. The van der Waals surface area contributed by atoms with Crippen LogP contribution in [-0.4, -0.2) is 21.8 Å². The summed E-state index contributed by atoms with van der Waals surface area (Å²) in [4.78, 5) is 9.01. The van der Waals surface area contributed by atoms with Crippen LogP contribution in [0, 0.1) is 0 Å². The number of fused-ring (bicyclic) bond motifs is 1. The molecule has 1 aliphatic rings. The average Bonchev–Trinajstić information content (AvgIpc) is 2.26. The second kappa shape index (κ2) is 4.94. The zero-order valence-electron chi connectivity index (χ0n) is 9.29. The van der Waals surface area contributed by atoms with Gasteiger partial charge in [-0.3, -0.25) is 0 Å². The summed E-state index contributed by atoms with van der Waals surface area (Å²) >= 11 is 1.89. The van der Waals surface area contributed by atoms with Gasteiger partial charge in [0, 0.05) is 37.0 Å². The first-order valence-corrected chi connectivity index (χ1v) is 6.46. The molecule has 0 saturated heterocycles. The molecule has 1 N–H and O–H groups in total. The number of rotatable bonds is 3. The minimum absolute atomic E-state index is 0.645. The molecule has 0 spiro atoms. The van der Waals surface area contributed by atoms with Crippen molar-refractivity contribution in [2.45, 2.75) is 37.8 Å². The van der Waals surface area contributed by atoms with E-state index in [4.69, 9.17) is 0 Å². The molecule has 82 valence electrons. The van der Waals surface area contributed by atoms with E-state index in [2.05, 4.69) is 29.1 Å². The van der Waals surface area contributed by atoms with E-state index in [0.717, 1.165) is 31.1 Å². The van der Waals surface area contributed by atoms with Crippen molar-refractivity contribution >= 4 is 11.8 Å². The first-order valence-electron chi connectivity index (χ1n) is 5.41. The molecule has 3 nitrogen and oxygen atoms in total. The van der Waals surface area contributed by atoms with Crippen molar-refractivity contribution in [3.63, 3.8) is 0 Å². The Morgan fingerprint density at radius 1 is 1.53 bits per heavy atom. The highest BCUT2D eigenvalue weighted by Gasteiger charge is 2.11. The Hall–Kier alpha value is -0.610. The lowest BCUT2D eigenvalue weighted by molar-refractivity contribution is 0.622. The van der Waals surface area contributed by atoms with Crippen molar-refractivity contribution in [2.75, 3.05) is 6.54 Å². The lowest BCUT2D eigenvalue weighted by Crippen LogP contribution is -2.25. The second-order valence-corrected chi connectivity index (χ2v) is 5.61. The fourth-order valence-electron chi connectivity index (χ4n) is 1.59. The van der Waals surface area contributed by atoms with Crippen LogP contribution in [-0.2, 0) is 18.7 Å². The van der Waals surface area contributed by atoms with Crippen LogP contribution in [0.15, 0.2) is 6.20 Å². The monoisotopic (exact) mass is 223 g/mol. The molecule has 0 saturated carbocycles. The highest BCUT2D eigenvalue weighted by molar-refractivity contribution is 7.99. The van der Waals surface area contributed by atoms with Crippen molar-refractivity contribution in [1.82, 2.24) is 15.3 Å². The quantitative estimate of drug-likeness (QED) is 0.847. The molecular weight excluding hydrogens is 206 g/mol. The standard InChI is InChI=1S/C11H17N3S/c1-8(2)15-7-11-13-6-9-5-12-4-3-10(9)14-11/h6,8,12H,3-5,7H2,1-2H3. The number of thioether (sulfide) groups is 1. The Bertz CT molecular complexity index is 339. The Morgan fingerprint density at radius 3 is 3.20 bits per heavy atom. The Labute approximate surface area is 95.1 Å². The highest BCUT2D eigenvalue weighted by Crippen LogP contribution is 2.16. The van der Waals surface area contributed by atoms with Crippen LogP contribution in [0.25, 0.3) is 0 Å². The summed E-state index contributed by atoms with van der Waals surface area (Å²) in [5.41, 5.74) is 2.50. The fourth-order valence-corrected chi connectivity index (χ4v) is 2.21. The predicted octanol–water partition coefficient (Wildman–Crippen LogP) is 1.76. The molecule has 0 aromatic carbocycles. The van der Waals surface area contributed by atoms with Gasteiger partial charge < -0.3 is 5.32 Å². The normalized spacial score (nSPS) is 15.4. The number of nitrogens with zero attached hydrogens (tertiary/aromatic N) is 2. The van der Waals surface area contributed by atoms with Crippen LogP contribution in [0.4, 0.5) is 0 Å². The zero-order chi connectivity index (χ0) is 10.7. The van der Waals surface area contributed by atoms with E-state index >= 15 is 0 Å². The van der Waals surface area contributed by atoms with Gasteiger partial charge in [0.15, 0.2) is 0 Å². The predicted molar refractivity (Wildman–Crippen MR) is 63.9 cm³/mol. The molecular formula is C11H17N3S. The minimum Gasteiger partial charge on any atom is -0.312 e. The molecule has 1 aromatic heterocycles. The SMILES string of the molecule is CC(C)SCc1ncc2c(n1)CCNC2. The van der Waals surface area contributed by atoms with Crippen LogP contribution in [0.3, 0.4) is 0 Å². The van der Waals surface area contributed by atoms with Gasteiger partial charge in [0.05, 0.1) is 5.75 Å². The van der Waals surface area contributed by atoms with Gasteiger partial charge in [-0.05, 0) is 5.25 Å². The summed E-state index contributed by atoms with van der Waals surface area (Å²) in [5, 5.41) is 3.97. The molecule has 2 heterocycles. The number of nitrogens with one attached hydrogen (secondary N) is 1. The molecule has 15 heavy (non-hydrogen) atoms. The van der Waals surface area contributed by atoms with Gasteiger partial charge in [-0.2, -0.15) is 11.8 Å². The molecule has 0 radical (unpaired) electrons. The summed E-state index contributed by atoms with van der Waals surface area (Å²) in [6, 6.07) is 0. The summed E-state index contributed by atoms with van der Waals surface area (Å²) in [6.45, 7) is 6.37. The third-order valence-corrected chi connectivity index (χ3v) is 3.50. The van der Waals surface area contributed by atoms with E-state index in [1.165, 1.54) is 11.3 Å². The third kappa shape index (κ3) is 2.92. The minimum atomic E-state index is 0.645. The first kappa shape index (κ1) is 10.9. The lowest BCUT2D eigenvalue weighted by atomic mass is 10.1. The third-order valence-electron chi connectivity index (χ3n) is 2.40. The van der Waals surface area contributed by atoms with Crippen molar-refractivity contribution in [3.8, 4) is 0 Å². The first-order chi connectivity index (χ1) is 7.25. The van der Waals surface area contributed by atoms with E-state index < -0.39 is 0 Å². The number of aromatic nitrogens is 2. The zero-order valence-corrected chi connectivity index (χ0v) is 10.1. The van der Waals surface area contributed by atoms with Crippen molar-refractivity contribution in [1.29, 1.82) is 0 Å². The maximum absolute atomic E-state index is 4.61. The molecule has 1 aliphatic heterocycles. The number of hydrogen-bond donors (Lipinski definition) is 1. The maximum Gasteiger partial charge on any atom is 0.138 e. The van der Waals surface area contributed by atoms with E-state index in [-0.39, 0.29) is 0 Å². The molecule has 4 heteroatoms. The second-order valence-electron chi connectivity index (χ2n) is 4.04. The smallest absolute Gasteiger partial charge is 0.138 e. The van der Waals surface area contributed by atoms with Crippen molar-refractivity contribution in [2.24, 2.45) is 0 Å². The Kier molecular flexibility index (Phi) is 3.59. The largest absolute Gasteiger partial charge is 0.312 e. The summed E-state index contributed by atoms with van der Waals surface area (Å²) < 4.78 is 0. The van der Waals surface area contributed by atoms with Crippen LogP contribution < -0.4 is 5.32 Å². The van der Waals surface area contributed by atoms with Crippen molar-refractivity contribution < 1.29 is 0 Å². The van der Waals surface area contributed by atoms with Gasteiger partial charge in [0.1, 0.15) is 5.82 Å². The van der Waals surface area contributed by atoms with Gasteiger partial charge in [-0.1, -0.05) is 13.8 Å².